The van der Waals surface area contributed by atoms with Crippen LogP contribution in [0.4, 0.5) is 104 Å². The van der Waals surface area contributed by atoms with Gasteiger partial charge in [-0.25, -0.2) is 19.9 Å². The molecule has 0 radical (unpaired) electrons. The molecule has 6 fully saturated rings. The molecule has 0 atom stereocenters. The Labute approximate surface area is 756 Å². The van der Waals surface area contributed by atoms with Gasteiger partial charge in [-0.3, -0.25) is 39.0 Å². The summed E-state index contributed by atoms with van der Waals surface area (Å²) < 4.78 is 10.6. The summed E-state index contributed by atoms with van der Waals surface area (Å²) in [6, 6.07) is 24.5. The molecule has 0 unspecified atom stereocenters. The van der Waals surface area contributed by atoms with Crippen LogP contribution in [0.3, 0.4) is 0 Å². The first-order valence-corrected chi connectivity index (χ1v) is 45.9. The third-order valence-electron chi connectivity index (χ3n) is 27.1. The SMILES string of the molecule is CN1C(=O)C(C)(C)CN(C2CCCC2)c2nc(Nc3ccc(CN4CCOCC4)cc3)ncc21.CN1CCN(c2ccc(Nc3ncc4c(n3)N(C3CCCC3)CC(C)(C)C(=O)N4C)cc2)CC1.COc1cc(Nc2ncc3c(n2)N(C2CCCC2)CC(C)(C)C(=O)N3C)cc([N+](=O)[O-])c1.Cc1cc(=O)[nH]cc1Nc1ncc2c(n1)N(C1CCCC1)CC(C)(C)C(=O)N2C. The van der Waals surface area contributed by atoms with Crippen molar-refractivity contribution in [3.8, 4) is 5.75 Å². The van der Waals surface area contributed by atoms with E-state index in [0.29, 0.717) is 97.1 Å². The number of likely N-dealkylation sites (N-methyl/N-ethyl adjacent to an activating group) is 1. The first kappa shape index (κ1) is 91.8. The number of pyridine rings is 1. The van der Waals surface area contributed by atoms with E-state index in [1.54, 1.807) is 70.7 Å². The van der Waals surface area contributed by atoms with E-state index in [0.717, 1.165) is 180 Å². The second kappa shape index (κ2) is 38.8. The van der Waals surface area contributed by atoms with E-state index in [1.165, 1.54) is 75.1 Å². The van der Waals surface area contributed by atoms with Crippen LogP contribution in [0.5, 0.6) is 5.75 Å². The number of H-pyrrole nitrogens is 1. The molecule has 5 N–H and O–H groups in total. The van der Waals surface area contributed by atoms with Gasteiger partial charge < -0.3 is 84.7 Å². The highest BCUT2D eigenvalue weighted by molar-refractivity contribution is 6.04. The second-order valence-electron chi connectivity index (χ2n) is 38.9. The summed E-state index contributed by atoms with van der Waals surface area (Å²) in [5, 5.41) is 24.3. The number of nitro benzene ring substituents is 1. The number of anilines is 17. The van der Waals surface area contributed by atoms with Crippen molar-refractivity contribution >= 4 is 128 Å². The number of nitrogens with one attached hydrogen (secondary N) is 5. The molecule has 34 nitrogen and oxygen atoms in total. The Morgan fingerprint density at radius 2 is 0.806 bits per heavy atom. The maximum atomic E-state index is 13.2. The lowest BCUT2D eigenvalue weighted by Crippen LogP contribution is -2.45. The Bertz CT molecular complexity index is 5400. The zero-order valence-electron chi connectivity index (χ0n) is 77.7. The third-order valence-corrected chi connectivity index (χ3v) is 27.1. The molecule has 18 rings (SSSR count). The van der Waals surface area contributed by atoms with E-state index >= 15 is 0 Å². The molecule has 0 bridgehead atoms. The number of rotatable bonds is 17. The van der Waals surface area contributed by atoms with Crippen LogP contribution in [-0.2, 0) is 30.5 Å². The Kier molecular flexibility index (Phi) is 27.6. The van der Waals surface area contributed by atoms with E-state index in [-0.39, 0.29) is 34.9 Å². The van der Waals surface area contributed by atoms with Gasteiger partial charge in [-0.2, -0.15) is 19.9 Å². The van der Waals surface area contributed by atoms with Crippen LogP contribution >= 0.6 is 0 Å². The van der Waals surface area contributed by atoms with Gasteiger partial charge in [0.15, 0.2) is 23.3 Å². The molecule has 129 heavy (non-hydrogen) atoms. The second-order valence-corrected chi connectivity index (χ2v) is 38.9. The van der Waals surface area contributed by atoms with Gasteiger partial charge in [0, 0.05) is 166 Å². The molecule has 4 aliphatic carbocycles. The average Bonchev–Trinajstić information content (AvgIpc) is 1.62. The largest absolute Gasteiger partial charge is 0.496 e. The number of carbonyl (C=O) groups is 4. The molecule has 4 saturated carbocycles. The van der Waals surface area contributed by atoms with Crippen LogP contribution in [-0.4, -0.2) is 228 Å². The van der Waals surface area contributed by atoms with Crippen LogP contribution in [0.2, 0.25) is 0 Å². The van der Waals surface area contributed by atoms with E-state index < -0.39 is 26.6 Å². The highest BCUT2D eigenvalue weighted by Gasteiger charge is 2.47. The smallest absolute Gasteiger partial charge is 0.275 e. The maximum absolute atomic E-state index is 13.2. The summed E-state index contributed by atoms with van der Waals surface area (Å²) in [6.45, 7) is 29.2. The minimum absolute atomic E-state index is 0.0203. The number of benzene rings is 3. The summed E-state index contributed by atoms with van der Waals surface area (Å²) in [6.07, 6.45) is 27.1. The van der Waals surface area contributed by atoms with Gasteiger partial charge in [-0.1, -0.05) is 63.5 Å². The van der Waals surface area contributed by atoms with Gasteiger partial charge in [0.1, 0.15) is 28.5 Å². The number of aromatic amines is 1. The number of carbonyl (C=O) groups excluding carboxylic acids is 4. The molecule has 10 aliphatic rings. The van der Waals surface area contributed by atoms with E-state index in [9.17, 15) is 34.1 Å². The molecule has 2 saturated heterocycles. The number of hydrogen-bond acceptors (Lipinski definition) is 28. The van der Waals surface area contributed by atoms with Crippen molar-refractivity contribution in [2.75, 3.05) is 186 Å². The average molecular weight is 1770 g/mol. The molecule has 5 aromatic heterocycles. The van der Waals surface area contributed by atoms with Crippen molar-refractivity contribution < 1.29 is 33.6 Å². The van der Waals surface area contributed by atoms with E-state index in [1.807, 2.05) is 76.4 Å². The molecule has 11 heterocycles. The number of non-ortho nitro benzene ring substituents is 1. The number of piperazine rings is 1. The lowest BCUT2D eigenvalue weighted by Gasteiger charge is -2.34. The van der Waals surface area contributed by atoms with Gasteiger partial charge in [0.05, 0.1) is 89.1 Å². The van der Waals surface area contributed by atoms with Crippen molar-refractivity contribution in [2.45, 2.75) is 196 Å². The topological polar surface area (TPSA) is 350 Å². The third kappa shape index (κ3) is 20.9. The van der Waals surface area contributed by atoms with Crippen LogP contribution in [0, 0.1) is 38.7 Å². The number of hydrogen-bond donors (Lipinski definition) is 5. The van der Waals surface area contributed by atoms with Crippen molar-refractivity contribution in [3.05, 3.63) is 135 Å². The van der Waals surface area contributed by atoms with Crippen LogP contribution < -0.4 is 75.7 Å². The lowest BCUT2D eigenvalue weighted by atomic mass is 9.91. The summed E-state index contributed by atoms with van der Waals surface area (Å²) in [7, 11) is 10.9. The number of nitro groups is 1. The first-order valence-electron chi connectivity index (χ1n) is 45.9. The summed E-state index contributed by atoms with van der Waals surface area (Å²) in [4.78, 5) is 138. The maximum Gasteiger partial charge on any atom is 0.275 e. The highest BCUT2D eigenvalue weighted by atomic mass is 16.6. The van der Waals surface area contributed by atoms with Crippen molar-refractivity contribution in [3.63, 3.8) is 0 Å². The quantitative estimate of drug-likeness (QED) is 0.0417. The zero-order valence-corrected chi connectivity index (χ0v) is 77.7. The minimum atomic E-state index is -0.570. The Morgan fingerprint density at radius 3 is 1.16 bits per heavy atom. The molecule has 0 spiro atoms. The molecular formula is C95H129N25O9. The standard InChI is InChI=1S/C26H37N7O.C26H36N6O2.C22H28N6O4.C21H28N6O2/c1-26(2)18-33(21-7-5-6-8-21)23-22(31(4)24(26)34)17-27-25(29-23)28-19-9-11-20(12-10-19)32-15-13-30(3)14-16-32;1-26(2)18-32(21-6-4-5-7-21)23-22(30(3)24(26)33)16-27-25(29-23)28-20-10-8-19(9-11-20)17-31-12-14-34-15-13-31;1-22(2)13-27(15-7-5-6-8-15)19-18(26(3)20(22)29)12-23-21(25-19)24-14-9-16(28(30)31)11-17(10-14)32-4;1-13-9-17(28)22-10-15(13)24-20-23-11-16-18(25-20)27(14-7-5-6-8-14)12-21(2,3)19(29)26(16)4/h9-12,17,21H,5-8,13-16,18H2,1-4H3,(H,27,28,29);8-11,16,21H,4-7,12-15,17-18H2,1-3H3,(H,27,28,29);9-12,15H,5-8,13H2,1-4H3,(H,23,24,25);9-11,14H,5-8,12H2,1-4H3,(H,22,28)(H,23,24,25). The fraction of sp³-hybridized carbons (Fsp3) is 0.547. The fourth-order valence-corrected chi connectivity index (χ4v) is 19.7. The molecule has 6 aliphatic heterocycles. The van der Waals surface area contributed by atoms with Gasteiger partial charge >= 0.3 is 0 Å². The number of aromatic nitrogens is 9. The van der Waals surface area contributed by atoms with Crippen molar-refractivity contribution in [2.24, 2.45) is 21.7 Å². The molecule has 34 heteroatoms. The predicted molar refractivity (Wildman–Crippen MR) is 509 cm³/mol. The number of morpholine rings is 1. The number of aryl methyl sites for hydroxylation is 1. The molecular weight excluding hydrogens is 1640 g/mol. The predicted octanol–water partition coefficient (Wildman–Crippen LogP) is 14.4. The first-order chi connectivity index (χ1) is 61.7. The summed E-state index contributed by atoms with van der Waals surface area (Å²) in [5.41, 5.74) is 7.13. The van der Waals surface area contributed by atoms with Crippen LogP contribution in [0.15, 0.2) is 109 Å². The van der Waals surface area contributed by atoms with E-state index in [4.69, 9.17) is 29.4 Å². The number of ether oxygens (including phenoxy) is 2. The van der Waals surface area contributed by atoms with Gasteiger partial charge in [0.2, 0.25) is 53.0 Å². The molecule has 688 valence electrons. The van der Waals surface area contributed by atoms with Gasteiger partial charge in [-0.05, 0) is 168 Å². The van der Waals surface area contributed by atoms with Gasteiger partial charge in [-0.15, -0.1) is 0 Å². The minimum Gasteiger partial charge on any atom is -0.496 e. The number of fused-ring (bicyclic) bond motifs is 4. The molecule has 4 amide bonds. The number of methoxy groups -OCH3 is 1. The monoisotopic (exact) mass is 1760 g/mol. The fourth-order valence-electron chi connectivity index (χ4n) is 19.7. The van der Waals surface area contributed by atoms with Crippen LogP contribution in [0.25, 0.3) is 0 Å². The highest BCUT2D eigenvalue weighted by Crippen LogP contribution is 2.47. The molecule has 3 aromatic carbocycles. The zero-order chi connectivity index (χ0) is 91.4. The van der Waals surface area contributed by atoms with Crippen LogP contribution in [0.1, 0.15) is 169 Å². The van der Waals surface area contributed by atoms with Crippen molar-refractivity contribution in [1.29, 1.82) is 0 Å². The van der Waals surface area contributed by atoms with Crippen molar-refractivity contribution in [1.82, 2.24) is 54.7 Å². The normalized spacial score (nSPS) is 20.2. The number of nitrogens with zero attached hydrogens (tertiary/aromatic N) is 20. The summed E-state index contributed by atoms with van der Waals surface area (Å²) >= 11 is 0. The Balaban J connectivity index is 0.000000132. The Hall–Kier alpha value is -11.9. The Morgan fingerprint density at radius 1 is 0.457 bits per heavy atom. The summed E-state index contributed by atoms with van der Waals surface area (Å²) in [5.74, 6) is 5.74. The lowest BCUT2D eigenvalue weighted by molar-refractivity contribution is -0.384. The van der Waals surface area contributed by atoms with Gasteiger partial charge in [0.25, 0.3) is 5.69 Å². The molecule has 8 aromatic rings. The van der Waals surface area contributed by atoms with E-state index in [2.05, 4.69) is 136 Å². The number of amides is 4.